The van der Waals surface area contributed by atoms with Crippen LogP contribution in [-0.2, 0) is 6.42 Å². The molecule has 1 N–H and O–H groups in total. The lowest BCUT2D eigenvalue weighted by Gasteiger charge is -2.13. The number of furan rings is 1. The maximum absolute atomic E-state index is 12.6. The average molecular weight is 403 g/mol. The molecule has 1 aliphatic carbocycles. The Morgan fingerprint density at radius 2 is 2.03 bits per heavy atom. The number of hydrazone groups is 1. The van der Waals surface area contributed by atoms with Crippen molar-refractivity contribution < 1.29 is 18.7 Å². The Morgan fingerprint density at radius 1 is 1.17 bits per heavy atom. The van der Waals surface area contributed by atoms with E-state index in [1.807, 2.05) is 19.1 Å². The molecule has 7 nitrogen and oxygen atoms in total. The Hall–Kier alpha value is -3.74. The van der Waals surface area contributed by atoms with Gasteiger partial charge < -0.3 is 9.15 Å². The Labute approximate surface area is 173 Å². The van der Waals surface area contributed by atoms with Crippen molar-refractivity contribution in [3.63, 3.8) is 0 Å². The van der Waals surface area contributed by atoms with E-state index in [0.29, 0.717) is 41.2 Å². The number of hydrogen-bond acceptors (Lipinski definition) is 6. The second-order valence-corrected chi connectivity index (χ2v) is 7.16. The number of nitrogens with one attached hydrogen (secondary N) is 1. The summed E-state index contributed by atoms with van der Waals surface area (Å²) in [7, 11) is 0. The molecule has 0 fully saturated rings. The predicted octanol–water partition coefficient (Wildman–Crippen LogP) is 3.98. The van der Waals surface area contributed by atoms with Crippen LogP contribution in [-0.4, -0.2) is 22.6 Å². The number of nitrogens with zero attached hydrogens (tertiary/aromatic N) is 2. The lowest BCUT2D eigenvalue weighted by Crippen LogP contribution is -2.22. The van der Waals surface area contributed by atoms with Gasteiger partial charge in [0.1, 0.15) is 11.5 Å². The molecule has 0 radical (unpaired) electrons. The summed E-state index contributed by atoms with van der Waals surface area (Å²) in [5.74, 6) is 0.299. The topological polar surface area (TPSA) is 93.8 Å². The fraction of sp³-hybridized carbons (Fsp3) is 0.217. The molecule has 30 heavy (non-hydrogen) atoms. The van der Waals surface area contributed by atoms with Crippen LogP contribution in [0.4, 0.5) is 0 Å². The highest BCUT2D eigenvalue weighted by Crippen LogP contribution is 2.30. The fourth-order valence-electron chi connectivity index (χ4n) is 3.50. The summed E-state index contributed by atoms with van der Waals surface area (Å²) >= 11 is 0. The molecule has 1 amide bonds. The molecule has 0 unspecified atom stereocenters. The third-order valence-corrected chi connectivity index (χ3v) is 4.93. The molecule has 0 spiro atoms. The minimum absolute atomic E-state index is 0.142. The standard InChI is InChI=1S/C23H21N3O4/c1-14-6-3-7-16(12-14)22(27)26-25-18-9-4-10-19-20(18)15(2)21(30-19)23(28)29-17-8-5-11-24-13-17/h3,5-8,11-13H,4,9-10H2,1-2H3,(H,26,27)/b25-18+. The zero-order valence-corrected chi connectivity index (χ0v) is 16.8. The molecular weight excluding hydrogens is 382 g/mol. The maximum atomic E-state index is 12.6. The zero-order valence-electron chi connectivity index (χ0n) is 16.8. The fourth-order valence-corrected chi connectivity index (χ4v) is 3.50. The Balaban J connectivity index is 1.57. The number of rotatable bonds is 4. The predicted molar refractivity (Wildman–Crippen MR) is 111 cm³/mol. The molecule has 4 rings (SSSR count). The molecule has 1 aliphatic rings. The van der Waals surface area contributed by atoms with Crippen LogP contribution in [0, 0.1) is 13.8 Å². The van der Waals surface area contributed by atoms with Crippen molar-refractivity contribution in [2.45, 2.75) is 33.1 Å². The van der Waals surface area contributed by atoms with Crippen molar-refractivity contribution in [1.29, 1.82) is 0 Å². The molecule has 0 saturated carbocycles. The van der Waals surface area contributed by atoms with Gasteiger partial charge in [0.15, 0.2) is 0 Å². The minimum Gasteiger partial charge on any atom is -0.453 e. The monoisotopic (exact) mass is 403 g/mol. The normalized spacial score (nSPS) is 14.3. The van der Waals surface area contributed by atoms with Crippen molar-refractivity contribution in [2.24, 2.45) is 5.10 Å². The van der Waals surface area contributed by atoms with Crippen LogP contribution in [0.2, 0.25) is 0 Å². The molecule has 0 atom stereocenters. The van der Waals surface area contributed by atoms with E-state index in [1.165, 1.54) is 6.20 Å². The van der Waals surface area contributed by atoms with E-state index in [4.69, 9.17) is 9.15 Å². The first-order valence-electron chi connectivity index (χ1n) is 9.71. The van der Waals surface area contributed by atoms with Crippen LogP contribution in [0.25, 0.3) is 0 Å². The molecule has 2 aromatic heterocycles. The molecule has 7 heteroatoms. The van der Waals surface area contributed by atoms with E-state index in [2.05, 4.69) is 15.5 Å². The number of benzene rings is 1. The van der Waals surface area contributed by atoms with Gasteiger partial charge in [-0.1, -0.05) is 17.7 Å². The number of ether oxygens (including phenoxy) is 1. The Bertz CT molecular complexity index is 1130. The van der Waals surface area contributed by atoms with E-state index in [0.717, 1.165) is 17.5 Å². The van der Waals surface area contributed by atoms with Crippen molar-refractivity contribution in [2.75, 3.05) is 0 Å². The van der Waals surface area contributed by atoms with Gasteiger partial charge in [-0.25, -0.2) is 10.2 Å². The van der Waals surface area contributed by atoms with E-state index in [9.17, 15) is 9.59 Å². The van der Waals surface area contributed by atoms with E-state index < -0.39 is 5.97 Å². The summed E-state index contributed by atoms with van der Waals surface area (Å²) in [6.07, 6.45) is 5.25. The zero-order chi connectivity index (χ0) is 21.1. The molecule has 2 heterocycles. The summed E-state index contributed by atoms with van der Waals surface area (Å²) in [5, 5.41) is 4.34. The van der Waals surface area contributed by atoms with Gasteiger partial charge in [-0.05, 0) is 51.0 Å². The van der Waals surface area contributed by atoms with Gasteiger partial charge in [0, 0.05) is 29.3 Å². The van der Waals surface area contributed by atoms with Gasteiger partial charge in [0.2, 0.25) is 5.76 Å². The van der Waals surface area contributed by atoms with Crippen LogP contribution >= 0.6 is 0 Å². The quantitative estimate of drug-likeness (QED) is 0.525. The lowest BCUT2D eigenvalue weighted by molar-refractivity contribution is 0.0697. The summed E-state index contributed by atoms with van der Waals surface area (Å²) < 4.78 is 11.2. The van der Waals surface area contributed by atoms with Crippen molar-refractivity contribution in [3.05, 3.63) is 82.6 Å². The first kappa shape index (κ1) is 19.6. The number of hydrogen-bond donors (Lipinski definition) is 1. The summed E-state index contributed by atoms with van der Waals surface area (Å²) in [6, 6.07) is 10.6. The average Bonchev–Trinajstić information content (AvgIpc) is 3.10. The number of carbonyl (C=O) groups excluding carboxylic acids is 2. The second kappa shape index (κ2) is 8.32. The largest absolute Gasteiger partial charge is 0.453 e. The summed E-state index contributed by atoms with van der Waals surface area (Å²) in [4.78, 5) is 29.0. The van der Waals surface area contributed by atoms with Crippen molar-refractivity contribution in [1.82, 2.24) is 10.4 Å². The van der Waals surface area contributed by atoms with E-state index in [1.54, 1.807) is 37.4 Å². The van der Waals surface area contributed by atoms with Crippen molar-refractivity contribution in [3.8, 4) is 5.75 Å². The third kappa shape index (κ3) is 4.00. The highest BCUT2D eigenvalue weighted by molar-refractivity contribution is 6.06. The Kier molecular flexibility index (Phi) is 5.43. The number of fused-ring (bicyclic) bond motifs is 1. The SMILES string of the molecule is Cc1cccc(C(=O)N/N=C2\CCCc3oc(C(=O)Oc4cccnc4)c(C)c32)c1. The van der Waals surface area contributed by atoms with E-state index >= 15 is 0 Å². The molecule has 0 bridgehead atoms. The van der Waals surface area contributed by atoms with Gasteiger partial charge in [-0.3, -0.25) is 9.78 Å². The first-order valence-corrected chi connectivity index (χ1v) is 9.71. The molecule has 1 aromatic carbocycles. The maximum Gasteiger partial charge on any atom is 0.379 e. The highest BCUT2D eigenvalue weighted by Gasteiger charge is 2.29. The molecular formula is C23H21N3O4. The third-order valence-electron chi connectivity index (χ3n) is 4.93. The van der Waals surface area contributed by atoms with Gasteiger partial charge in [-0.2, -0.15) is 5.10 Å². The molecule has 0 aliphatic heterocycles. The molecule has 0 saturated heterocycles. The number of aromatic nitrogens is 1. The van der Waals surface area contributed by atoms with Crippen LogP contribution in [0.5, 0.6) is 5.75 Å². The van der Waals surface area contributed by atoms with Crippen LogP contribution in [0.15, 0.2) is 58.3 Å². The number of carbonyl (C=O) groups is 2. The number of esters is 1. The Morgan fingerprint density at radius 3 is 2.80 bits per heavy atom. The van der Waals surface area contributed by atoms with Gasteiger partial charge in [-0.15, -0.1) is 0 Å². The minimum atomic E-state index is -0.585. The summed E-state index contributed by atoms with van der Waals surface area (Å²) in [5.41, 5.74) is 6.28. The summed E-state index contributed by atoms with van der Waals surface area (Å²) in [6.45, 7) is 3.72. The number of pyridine rings is 1. The van der Waals surface area contributed by atoms with Crippen LogP contribution in [0.1, 0.15) is 56.2 Å². The number of aryl methyl sites for hydroxylation is 2. The number of amides is 1. The van der Waals surface area contributed by atoms with Gasteiger partial charge in [0.25, 0.3) is 5.91 Å². The van der Waals surface area contributed by atoms with Crippen molar-refractivity contribution >= 4 is 17.6 Å². The lowest BCUT2D eigenvalue weighted by atomic mass is 9.93. The van der Waals surface area contributed by atoms with Crippen LogP contribution in [0.3, 0.4) is 0 Å². The second-order valence-electron chi connectivity index (χ2n) is 7.16. The van der Waals surface area contributed by atoms with Gasteiger partial charge in [0.05, 0.1) is 11.9 Å². The molecule has 3 aromatic rings. The smallest absolute Gasteiger partial charge is 0.379 e. The highest BCUT2D eigenvalue weighted by atomic mass is 16.5. The van der Waals surface area contributed by atoms with Gasteiger partial charge >= 0.3 is 5.97 Å². The van der Waals surface area contributed by atoms with E-state index in [-0.39, 0.29) is 11.7 Å². The first-order chi connectivity index (χ1) is 14.5. The van der Waals surface area contributed by atoms with Crippen LogP contribution < -0.4 is 10.2 Å². The molecule has 152 valence electrons.